The van der Waals surface area contributed by atoms with Gasteiger partial charge in [0.15, 0.2) is 5.65 Å². The highest BCUT2D eigenvalue weighted by Gasteiger charge is 2.11. The van der Waals surface area contributed by atoms with Crippen LogP contribution in [-0.4, -0.2) is 31.8 Å². The lowest BCUT2D eigenvalue weighted by molar-refractivity contribution is -0.113. The van der Waals surface area contributed by atoms with Crippen molar-refractivity contribution in [1.29, 1.82) is 0 Å². The van der Waals surface area contributed by atoms with Crippen LogP contribution in [0.15, 0.2) is 47.6 Å². The second-order valence-corrected chi connectivity index (χ2v) is 6.75. The minimum atomic E-state index is -0.341. The maximum atomic E-state index is 13.4. The van der Waals surface area contributed by atoms with E-state index in [1.807, 2.05) is 31.2 Å². The van der Waals surface area contributed by atoms with E-state index in [4.69, 9.17) is 0 Å². The fraction of sp³-hybridized carbons (Fsp3) is 0.111. The second-order valence-electron chi connectivity index (χ2n) is 5.81. The largest absolute Gasteiger partial charge is 0.338 e. The van der Waals surface area contributed by atoms with Gasteiger partial charge < -0.3 is 10.3 Å². The predicted octanol–water partition coefficient (Wildman–Crippen LogP) is 3.68. The quantitative estimate of drug-likeness (QED) is 0.538. The molecule has 8 heteroatoms. The van der Waals surface area contributed by atoms with Crippen LogP contribution in [0.25, 0.3) is 22.1 Å². The molecule has 0 unspecified atom stereocenters. The fourth-order valence-electron chi connectivity index (χ4n) is 2.55. The smallest absolute Gasteiger partial charge is 0.234 e. The van der Waals surface area contributed by atoms with Crippen molar-refractivity contribution < 1.29 is 9.18 Å². The number of benzene rings is 2. The Hall–Kier alpha value is -3.00. The Morgan fingerprint density at radius 2 is 2.00 bits per heavy atom. The van der Waals surface area contributed by atoms with E-state index in [-0.39, 0.29) is 17.5 Å². The van der Waals surface area contributed by atoms with Gasteiger partial charge in [0.05, 0.1) is 5.75 Å². The van der Waals surface area contributed by atoms with E-state index >= 15 is 0 Å². The minimum Gasteiger partial charge on any atom is -0.338 e. The number of carbonyl (C=O) groups excluding carboxylic acids is 1. The van der Waals surface area contributed by atoms with Crippen molar-refractivity contribution in [3.8, 4) is 0 Å². The molecule has 2 aromatic heterocycles. The third-order valence-corrected chi connectivity index (χ3v) is 4.66. The van der Waals surface area contributed by atoms with Crippen LogP contribution in [0.1, 0.15) is 5.56 Å². The van der Waals surface area contributed by atoms with E-state index in [0.717, 1.165) is 16.8 Å². The van der Waals surface area contributed by atoms with Gasteiger partial charge in [-0.05, 0) is 37.3 Å². The zero-order chi connectivity index (χ0) is 18.1. The number of halogens is 1. The molecule has 0 saturated carbocycles. The van der Waals surface area contributed by atoms with Crippen LogP contribution in [0.3, 0.4) is 0 Å². The summed E-state index contributed by atoms with van der Waals surface area (Å²) in [5.41, 5.74) is 3.63. The molecular weight excluding hydrogens is 353 g/mol. The van der Waals surface area contributed by atoms with Gasteiger partial charge >= 0.3 is 0 Å². The van der Waals surface area contributed by atoms with Crippen LogP contribution in [-0.2, 0) is 4.79 Å². The van der Waals surface area contributed by atoms with Gasteiger partial charge in [-0.1, -0.05) is 29.5 Å². The summed E-state index contributed by atoms with van der Waals surface area (Å²) >= 11 is 1.19. The van der Waals surface area contributed by atoms with Crippen molar-refractivity contribution in [2.24, 2.45) is 0 Å². The molecule has 2 heterocycles. The van der Waals surface area contributed by atoms with E-state index in [1.54, 1.807) is 6.07 Å². The average Bonchev–Trinajstić information content (AvgIpc) is 2.99. The molecule has 0 atom stereocenters. The van der Waals surface area contributed by atoms with Crippen LogP contribution in [0.2, 0.25) is 0 Å². The molecule has 4 rings (SSSR count). The number of thioether (sulfide) groups is 1. The van der Waals surface area contributed by atoms with Gasteiger partial charge in [0, 0.05) is 16.6 Å². The highest BCUT2D eigenvalue weighted by Crippen LogP contribution is 2.24. The molecule has 0 fully saturated rings. The number of rotatable bonds is 4. The van der Waals surface area contributed by atoms with Gasteiger partial charge in [0.1, 0.15) is 11.3 Å². The number of carbonyl (C=O) groups is 1. The molecule has 1 amide bonds. The number of nitrogens with one attached hydrogen (secondary N) is 2. The SMILES string of the molecule is Cc1ccc(NC(=O)CSc2nnc3c(n2)[nH]c2ccc(F)cc23)cc1. The summed E-state index contributed by atoms with van der Waals surface area (Å²) < 4.78 is 13.4. The third-order valence-electron chi connectivity index (χ3n) is 3.82. The number of aryl methyl sites for hydroxylation is 1. The van der Waals surface area contributed by atoms with Crippen LogP contribution in [0, 0.1) is 12.7 Å². The van der Waals surface area contributed by atoms with Crippen LogP contribution in [0.5, 0.6) is 0 Å². The van der Waals surface area contributed by atoms with Crippen molar-refractivity contribution in [3.63, 3.8) is 0 Å². The van der Waals surface area contributed by atoms with Crippen molar-refractivity contribution in [2.45, 2.75) is 12.1 Å². The van der Waals surface area contributed by atoms with Crippen LogP contribution >= 0.6 is 11.8 Å². The van der Waals surface area contributed by atoms with Gasteiger partial charge in [-0.3, -0.25) is 4.79 Å². The van der Waals surface area contributed by atoms with E-state index < -0.39 is 0 Å². The number of amides is 1. The first-order chi connectivity index (χ1) is 12.6. The van der Waals surface area contributed by atoms with Crippen molar-refractivity contribution >= 4 is 45.4 Å². The molecule has 0 radical (unpaired) electrons. The number of aromatic amines is 1. The molecule has 2 aromatic carbocycles. The zero-order valence-electron chi connectivity index (χ0n) is 13.8. The standard InChI is InChI=1S/C18H14FN5OS/c1-10-2-5-12(6-3-10)20-15(25)9-26-18-22-17-16(23-24-18)13-8-11(19)4-7-14(13)21-17/h2-8H,9H2,1H3,(H,20,25)(H,21,22,24). The maximum absolute atomic E-state index is 13.4. The lowest BCUT2D eigenvalue weighted by Gasteiger charge is -2.04. The van der Waals surface area contributed by atoms with E-state index in [1.165, 1.54) is 23.9 Å². The van der Waals surface area contributed by atoms with E-state index in [2.05, 4.69) is 25.5 Å². The Kier molecular flexibility index (Phi) is 4.26. The van der Waals surface area contributed by atoms with Crippen molar-refractivity contribution in [2.75, 3.05) is 11.1 Å². The number of hydrogen-bond donors (Lipinski definition) is 2. The molecule has 0 spiro atoms. The lowest BCUT2D eigenvalue weighted by atomic mass is 10.2. The number of nitrogens with zero attached hydrogens (tertiary/aromatic N) is 3. The van der Waals surface area contributed by atoms with Gasteiger partial charge in [-0.2, -0.15) is 0 Å². The first kappa shape index (κ1) is 16.5. The summed E-state index contributed by atoms with van der Waals surface area (Å²) in [4.78, 5) is 19.5. The Bertz CT molecular complexity index is 1110. The van der Waals surface area contributed by atoms with Gasteiger partial charge in [-0.15, -0.1) is 10.2 Å². The summed E-state index contributed by atoms with van der Waals surface area (Å²) in [5.74, 6) is -0.330. The second kappa shape index (κ2) is 6.72. The summed E-state index contributed by atoms with van der Waals surface area (Å²) in [6, 6.07) is 12.0. The number of aromatic nitrogens is 4. The maximum Gasteiger partial charge on any atom is 0.234 e. The average molecular weight is 367 g/mol. The molecule has 4 aromatic rings. The molecular formula is C18H14FN5OS. The molecule has 0 saturated heterocycles. The highest BCUT2D eigenvalue weighted by molar-refractivity contribution is 7.99. The first-order valence-electron chi connectivity index (χ1n) is 7.89. The highest BCUT2D eigenvalue weighted by atomic mass is 32.2. The summed E-state index contributed by atoms with van der Waals surface area (Å²) in [7, 11) is 0. The van der Waals surface area contributed by atoms with Crippen molar-refractivity contribution in [1.82, 2.24) is 20.2 Å². The molecule has 0 aliphatic rings. The first-order valence-corrected chi connectivity index (χ1v) is 8.88. The Morgan fingerprint density at radius 3 is 2.81 bits per heavy atom. The molecule has 6 nitrogen and oxygen atoms in total. The van der Waals surface area contributed by atoms with Gasteiger partial charge in [0.25, 0.3) is 0 Å². The molecule has 0 aliphatic heterocycles. The van der Waals surface area contributed by atoms with Gasteiger partial charge in [-0.25, -0.2) is 9.37 Å². The number of fused-ring (bicyclic) bond motifs is 3. The number of H-pyrrole nitrogens is 1. The summed E-state index contributed by atoms with van der Waals surface area (Å²) in [6.45, 7) is 1.99. The van der Waals surface area contributed by atoms with Crippen LogP contribution in [0.4, 0.5) is 10.1 Å². The molecule has 2 N–H and O–H groups in total. The summed E-state index contributed by atoms with van der Waals surface area (Å²) in [5, 5.41) is 12.0. The molecule has 130 valence electrons. The zero-order valence-corrected chi connectivity index (χ0v) is 14.6. The topological polar surface area (TPSA) is 83.6 Å². The monoisotopic (exact) mass is 367 g/mol. The van der Waals surface area contributed by atoms with Gasteiger partial charge in [0.2, 0.25) is 11.1 Å². The molecule has 0 aliphatic carbocycles. The van der Waals surface area contributed by atoms with Crippen LogP contribution < -0.4 is 5.32 Å². The predicted molar refractivity (Wildman–Crippen MR) is 99.7 cm³/mol. The normalized spacial score (nSPS) is 11.2. The Morgan fingerprint density at radius 1 is 1.19 bits per heavy atom. The van der Waals surface area contributed by atoms with Crippen molar-refractivity contribution in [3.05, 3.63) is 53.8 Å². The Labute approximate surface area is 152 Å². The minimum absolute atomic E-state index is 0.152. The summed E-state index contributed by atoms with van der Waals surface area (Å²) in [6.07, 6.45) is 0. The Balaban J connectivity index is 1.47. The number of anilines is 1. The fourth-order valence-corrected chi connectivity index (χ4v) is 3.14. The van der Waals surface area contributed by atoms with E-state index in [9.17, 15) is 9.18 Å². The number of hydrogen-bond acceptors (Lipinski definition) is 5. The van der Waals surface area contributed by atoms with E-state index in [0.29, 0.717) is 21.7 Å². The third kappa shape index (κ3) is 3.36. The molecule has 0 bridgehead atoms. The lowest BCUT2D eigenvalue weighted by Crippen LogP contribution is -2.14. The molecule has 26 heavy (non-hydrogen) atoms.